The lowest BCUT2D eigenvalue weighted by Gasteiger charge is -2.34. The summed E-state index contributed by atoms with van der Waals surface area (Å²) in [5, 5.41) is 4.46. The van der Waals surface area contributed by atoms with Crippen LogP contribution in [0.2, 0.25) is 0 Å². The number of carbonyl (C=O) groups excluding carboxylic acids is 1. The van der Waals surface area contributed by atoms with Crippen molar-refractivity contribution in [3.05, 3.63) is 120 Å². The molecule has 232 valence electrons. The molecule has 0 unspecified atom stereocenters. The van der Waals surface area contributed by atoms with Gasteiger partial charge in [-0.3, -0.25) is 4.79 Å². The molecule has 0 saturated heterocycles. The zero-order chi connectivity index (χ0) is 31.9. The molecule has 0 radical (unpaired) electrons. The highest BCUT2D eigenvalue weighted by Gasteiger charge is 2.51. The van der Waals surface area contributed by atoms with Crippen molar-refractivity contribution >= 4 is 15.9 Å². The first-order valence-corrected chi connectivity index (χ1v) is 14.8. The maximum Gasteiger partial charge on any atom is 0.322 e. The van der Waals surface area contributed by atoms with E-state index in [9.17, 15) is 17.7 Å². The van der Waals surface area contributed by atoms with Crippen LogP contribution < -0.4 is 14.2 Å². The Kier molecular flexibility index (Phi) is 9.42. The molecule has 45 heavy (non-hydrogen) atoms. The zero-order valence-electron chi connectivity index (χ0n) is 24.0. The molecule has 1 amide bonds. The topological polar surface area (TPSA) is 157 Å². The summed E-state index contributed by atoms with van der Waals surface area (Å²) >= 11 is 0. The first-order chi connectivity index (χ1) is 21.7. The highest BCUT2D eigenvalue weighted by Crippen LogP contribution is 2.40. The maximum atomic E-state index is 14.5. The van der Waals surface area contributed by atoms with E-state index in [0.717, 1.165) is 18.6 Å². The smallest absolute Gasteiger partial charge is 0.322 e. The summed E-state index contributed by atoms with van der Waals surface area (Å²) in [5.41, 5.74) is 0.978. The van der Waals surface area contributed by atoms with Crippen LogP contribution in [0.4, 0.5) is 4.48 Å². The summed E-state index contributed by atoms with van der Waals surface area (Å²) in [4.78, 5) is 20.8. The highest BCUT2D eigenvalue weighted by molar-refractivity contribution is 7.90. The van der Waals surface area contributed by atoms with E-state index >= 15 is 0 Å². The van der Waals surface area contributed by atoms with Crippen molar-refractivity contribution in [2.75, 3.05) is 14.2 Å². The van der Waals surface area contributed by atoms with Crippen molar-refractivity contribution in [3.8, 4) is 22.8 Å². The van der Waals surface area contributed by atoms with Gasteiger partial charge in [0.1, 0.15) is 23.5 Å². The van der Waals surface area contributed by atoms with E-state index in [-0.39, 0.29) is 40.5 Å². The summed E-state index contributed by atoms with van der Waals surface area (Å²) in [6.07, 6.45) is 4.47. The molecule has 13 nitrogen and oxygen atoms in total. The molecule has 15 heteroatoms. The summed E-state index contributed by atoms with van der Waals surface area (Å²) in [7, 11) is -1.94. The molecule has 3 aromatic carbocycles. The number of methoxy groups -OCH3 is 2. The van der Waals surface area contributed by atoms with Crippen molar-refractivity contribution in [2.24, 2.45) is 0 Å². The molecule has 1 N–H and O–H groups in total. The van der Waals surface area contributed by atoms with E-state index in [1.54, 1.807) is 60.7 Å². The summed E-state index contributed by atoms with van der Waals surface area (Å²) < 4.78 is 67.9. The number of rotatable bonds is 13. The van der Waals surface area contributed by atoms with Gasteiger partial charge in [-0.2, -0.15) is 0 Å². The van der Waals surface area contributed by atoms with E-state index in [4.69, 9.17) is 18.9 Å². The zero-order valence-corrected chi connectivity index (χ0v) is 24.8. The molecule has 5 aromatic rings. The number of ether oxygens (including phenoxy) is 4. The van der Waals surface area contributed by atoms with Crippen molar-refractivity contribution in [3.63, 3.8) is 0 Å². The number of sulfonamides is 1. The van der Waals surface area contributed by atoms with Crippen molar-refractivity contribution < 1.29 is 36.6 Å². The molecule has 5 rings (SSSR count). The number of nitrogens with zero attached hydrogens (tertiary/aromatic N) is 5. The fourth-order valence-electron chi connectivity index (χ4n) is 4.30. The Hall–Kier alpha value is -5.25. The van der Waals surface area contributed by atoms with Gasteiger partial charge in [-0.15, -0.1) is 5.10 Å². The molecule has 0 saturated carbocycles. The summed E-state index contributed by atoms with van der Waals surface area (Å²) in [6, 6.07) is 19.5. The third kappa shape index (κ3) is 6.95. The molecule has 0 aliphatic rings. The fourth-order valence-corrected chi connectivity index (χ4v) is 5.69. The minimum absolute atomic E-state index is 0.0171. The Balaban J connectivity index is 1.66. The minimum atomic E-state index is -4.97. The van der Waals surface area contributed by atoms with Gasteiger partial charge in [0, 0.05) is 23.5 Å². The number of amides is 1. The standard InChI is InChI=1S/C30H27FN6O7S/c1-41-24-11-7-21(8-12-24)18-43-30(44-19-22-9-13-25(42-2)14-10-22,45(39,40)35-29(38)23-15-32-20-33-16-23)27-6-4-3-5-26(27)28-17-37(31)36-34-28/h3-17,20H,18-19H2,1-2H3,(H,35,38). The molecular weight excluding hydrogens is 607 g/mol. The van der Waals surface area contributed by atoms with E-state index in [1.165, 1.54) is 32.7 Å². The van der Waals surface area contributed by atoms with Crippen LogP contribution in [0, 0.1) is 0 Å². The Morgan fingerprint density at radius 2 is 1.42 bits per heavy atom. The predicted molar refractivity (Wildman–Crippen MR) is 158 cm³/mol. The first-order valence-electron chi connectivity index (χ1n) is 13.3. The molecule has 0 fully saturated rings. The normalized spacial score (nSPS) is 11.6. The molecule has 2 heterocycles. The fraction of sp³-hybridized carbons (Fsp3) is 0.167. The van der Waals surface area contributed by atoms with Gasteiger partial charge in [0.05, 0.1) is 39.2 Å². The van der Waals surface area contributed by atoms with Gasteiger partial charge in [-0.05, 0) is 40.6 Å². The van der Waals surface area contributed by atoms with Crippen LogP contribution >= 0.6 is 0 Å². The van der Waals surface area contributed by atoms with Crippen molar-refractivity contribution in [1.82, 2.24) is 29.9 Å². The number of benzene rings is 3. The van der Waals surface area contributed by atoms with Crippen molar-refractivity contribution in [2.45, 2.75) is 18.3 Å². The third-order valence-electron chi connectivity index (χ3n) is 6.58. The van der Waals surface area contributed by atoms with Gasteiger partial charge in [0.25, 0.3) is 15.9 Å². The van der Waals surface area contributed by atoms with Gasteiger partial charge in [0.2, 0.25) is 0 Å². The summed E-state index contributed by atoms with van der Waals surface area (Å²) in [6.45, 7) is -0.611. The van der Waals surface area contributed by atoms with Crippen LogP contribution in [-0.4, -0.2) is 53.7 Å². The minimum Gasteiger partial charge on any atom is -0.497 e. The molecule has 0 aliphatic carbocycles. The molecule has 0 bridgehead atoms. The van der Waals surface area contributed by atoms with Crippen LogP contribution in [0.1, 0.15) is 27.0 Å². The second-order valence-corrected chi connectivity index (χ2v) is 11.2. The number of aromatic nitrogens is 5. The van der Waals surface area contributed by atoms with E-state index in [1.807, 2.05) is 0 Å². The largest absolute Gasteiger partial charge is 0.497 e. The monoisotopic (exact) mass is 634 g/mol. The molecule has 2 aromatic heterocycles. The Labute approximate surface area is 257 Å². The third-order valence-corrected chi connectivity index (χ3v) is 8.20. The second kappa shape index (κ2) is 13.6. The average molecular weight is 635 g/mol. The lowest BCUT2D eigenvalue weighted by Crippen LogP contribution is -2.50. The van der Waals surface area contributed by atoms with E-state index < -0.39 is 21.0 Å². The number of hydrogen-bond donors (Lipinski definition) is 1. The van der Waals surface area contributed by atoms with Gasteiger partial charge < -0.3 is 18.9 Å². The number of halogens is 1. The molecular formula is C30H27FN6O7S. The van der Waals surface area contributed by atoms with Gasteiger partial charge in [-0.1, -0.05) is 57.9 Å². The SMILES string of the molecule is COc1ccc(COC(OCc2ccc(OC)cc2)(c2ccccc2-c2cn(F)nn2)S(=O)(=O)NC(=O)c2cncnc2)cc1. The Morgan fingerprint density at radius 1 is 0.867 bits per heavy atom. The molecule has 0 spiro atoms. The number of nitrogens with one attached hydrogen (secondary N) is 1. The average Bonchev–Trinajstić information content (AvgIpc) is 3.51. The van der Waals surface area contributed by atoms with Gasteiger partial charge >= 0.3 is 5.12 Å². The van der Waals surface area contributed by atoms with Crippen LogP contribution in [0.15, 0.2) is 97.7 Å². The van der Waals surface area contributed by atoms with Crippen LogP contribution in [0.25, 0.3) is 11.3 Å². The maximum absolute atomic E-state index is 14.5. The molecule has 0 aliphatic heterocycles. The summed E-state index contributed by atoms with van der Waals surface area (Å²) in [5.74, 6) is 0.115. The van der Waals surface area contributed by atoms with Crippen LogP contribution in [-0.2, 0) is 37.8 Å². The number of carbonyl (C=O) groups is 1. The number of hydrogen-bond acceptors (Lipinski definition) is 11. The quantitative estimate of drug-likeness (QED) is 0.188. The van der Waals surface area contributed by atoms with Crippen LogP contribution in [0.5, 0.6) is 11.5 Å². The van der Waals surface area contributed by atoms with Crippen molar-refractivity contribution in [1.29, 1.82) is 0 Å². The predicted octanol–water partition coefficient (Wildman–Crippen LogP) is 3.79. The van der Waals surface area contributed by atoms with Gasteiger partial charge in [-0.25, -0.2) is 23.1 Å². The lowest BCUT2D eigenvalue weighted by atomic mass is 10.0. The highest BCUT2D eigenvalue weighted by atomic mass is 32.2. The van der Waals surface area contributed by atoms with Crippen LogP contribution in [0.3, 0.4) is 0 Å². The molecule has 0 atom stereocenters. The Morgan fingerprint density at radius 3 is 1.93 bits per heavy atom. The van der Waals surface area contributed by atoms with E-state index in [0.29, 0.717) is 22.6 Å². The van der Waals surface area contributed by atoms with Gasteiger partial charge in [0.15, 0.2) is 0 Å². The lowest BCUT2D eigenvalue weighted by molar-refractivity contribution is -0.199. The second-order valence-electron chi connectivity index (χ2n) is 9.43. The van der Waals surface area contributed by atoms with E-state index in [2.05, 4.69) is 25.0 Å². The first kappa shape index (κ1) is 31.2. The Bertz CT molecular complexity index is 1800.